The van der Waals surface area contributed by atoms with E-state index in [-0.39, 0.29) is 59.0 Å². The fraction of sp³-hybridized carbons (Fsp3) is 0.650. The summed E-state index contributed by atoms with van der Waals surface area (Å²) in [4.78, 5) is 31.1. The third kappa shape index (κ3) is 6.19. The number of carbonyl (C=O) groups excluding carboxylic acids is 2. The first-order chi connectivity index (χ1) is 14.9. The van der Waals surface area contributed by atoms with Crippen molar-refractivity contribution in [2.45, 2.75) is 37.5 Å². The van der Waals surface area contributed by atoms with Crippen LogP contribution in [-0.2, 0) is 14.3 Å². The van der Waals surface area contributed by atoms with E-state index in [9.17, 15) is 9.59 Å². The lowest BCUT2D eigenvalue weighted by Gasteiger charge is -2.37. The van der Waals surface area contributed by atoms with E-state index >= 15 is 0 Å². The number of nitrogens with two attached hydrogens (primary N) is 1. The van der Waals surface area contributed by atoms with Gasteiger partial charge in [0.1, 0.15) is 17.5 Å². The van der Waals surface area contributed by atoms with Gasteiger partial charge in [-0.25, -0.2) is 0 Å². The van der Waals surface area contributed by atoms with Crippen LogP contribution in [0.3, 0.4) is 0 Å². The minimum absolute atomic E-state index is 0.0147. The van der Waals surface area contributed by atoms with Crippen LogP contribution in [0.4, 0.5) is 5.82 Å². The second kappa shape index (κ2) is 10.9. The first-order valence-electron chi connectivity index (χ1n) is 10.4. The van der Waals surface area contributed by atoms with E-state index in [1.165, 1.54) is 13.2 Å². The third-order valence-corrected chi connectivity index (χ3v) is 5.91. The van der Waals surface area contributed by atoms with E-state index in [2.05, 4.69) is 15.6 Å². The molecule has 1 aromatic rings. The number of likely N-dealkylation sites (tertiary alicyclic amines) is 1. The van der Waals surface area contributed by atoms with E-state index in [1.807, 2.05) is 4.90 Å². The zero-order chi connectivity index (χ0) is 22.4. The van der Waals surface area contributed by atoms with Gasteiger partial charge in [-0.1, -0.05) is 11.6 Å². The van der Waals surface area contributed by atoms with Gasteiger partial charge in [0.05, 0.1) is 30.8 Å². The lowest BCUT2D eigenvalue weighted by molar-refractivity contribution is -0.152. The highest BCUT2D eigenvalue weighted by molar-refractivity contribution is 6.33. The van der Waals surface area contributed by atoms with Crippen LogP contribution < -0.4 is 21.1 Å². The number of carbonyl (C=O) groups is 2. The van der Waals surface area contributed by atoms with Crippen molar-refractivity contribution in [2.24, 2.45) is 0 Å². The number of pyridine rings is 1. The average Bonchev–Trinajstić information content (AvgIpc) is 2.76. The molecule has 11 heteroatoms. The summed E-state index contributed by atoms with van der Waals surface area (Å²) in [5.74, 6) is -0.408. The number of rotatable bonds is 7. The topological polar surface area (TPSA) is 128 Å². The Balaban J connectivity index is 1.55. The summed E-state index contributed by atoms with van der Waals surface area (Å²) < 4.78 is 16.3. The molecule has 31 heavy (non-hydrogen) atoms. The Morgan fingerprint density at radius 1 is 1.32 bits per heavy atom. The monoisotopic (exact) mass is 455 g/mol. The maximum atomic E-state index is 12.8. The van der Waals surface area contributed by atoms with Crippen LogP contribution in [0.5, 0.6) is 5.88 Å². The van der Waals surface area contributed by atoms with E-state index in [0.717, 1.165) is 25.9 Å². The van der Waals surface area contributed by atoms with Crippen molar-refractivity contribution in [3.63, 3.8) is 0 Å². The number of piperidine rings is 2. The lowest BCUT2D eigenvalue weighted by atomic mass is 10.0. The van der Waals surface area contributed by atoms with E-state index < -0.39 is 0 Å². The molecule has 10 nitrogen and oxygen atoms in total. The van der Waals surface area contributed by atoms with Gasteiger partial charge < -0.3 is 30.6 Å². The Morgan fingerprint density at radius 2 is 2.06 bits per heavy atom. The van der Waals surface area contributed by atoms with E-state index in [1.54, 1.807) is 7.11 Å². The Labute approximate surface area is 186 Å². The largest absolute Gasteiger partial charge is 0.480 e. The number of amides is 1. The Bertz CT molecular complexity index is 789. The Hall–Kier alpha value is -2.14. The van der Waals surface area contributed by atoms with Crippen LogP contribution in [0.1, 0.15) is 29.6 Å². The van der Waals surface area contributed by atoms with Crippen molar-refractivity contribution < 1.29 is 23.8 Å². The summed E-state index contributed by atoms with van der Waals surface area (Å²) in [7, 11) is 2.99. The molecular formula is C20H30ClN5O5. The van der Waals surface area contributed by atoms with Gasteiger partial charge in [-0.2, -0.15) is 4.98 Å². The highest BCUT2D eigenvalue weighted by atomic mass is 35.5. The van der Waals surface area contributed by atoms with Gasteiger partial charge in [0.2, 0.25) is 5.88 Å². The number of esters is 1. The minimum atomic E-state index is -0.378. The van der Waals surface area contributed by atoms with E-state index in [0.29, 0.717) is 19.5 Å². The van der Waals surface area contributed by atoms with Crippen molar-refractivity contribution >= 4 is 29.3 Å². The molecule has 2 fully saturated rings. The molecule has 0 aromatic carbocycles. The van der Waals surface area contributed by atoms with Gasteiger partial charge in [0, 0.05) is 20.2 Å². The zero-order valence-corrected chi connectivity index (χ0v) is 18.6. The molecule has 2 saturated heterocycles. The smallest absolute Gasteiger partial charge is 0.320 e. The third-order valence-electron chi connectivity index (χ3n) is 5.61. The van der Waals surface area contributed by atoms with E-state index in [4.69, 9.17) is 31.5 Å². The number of nitrogen functional groups attached to an aromatic ring is 1. The molecule has 0 radical (unpaired) electrons. The minimum Gasteiger partial charge on any atom is -0.480 e. The maximum Gasteiger partial charge on any atom is 0.320 e. The number of nitrogens with one attached hydrogen (secondary N) is 2. The molecule has 1 aromatic heterocycles. The van der Waals surface area contributed by atoms with Gasteiger partial charge in [0.25, 0.3) is 5.91 Å². The van der Waals surface area contributed by atoms with Crippen molar-refractivity contribution in [3.8, 4) is 5.88 Å². The summed E-state index contributed by atoms with van der Waals surface area (Å²) in [6, 6.07) is 1.20. The van der Waals surface area contributed by atoms with Gasteiger partial charge in [-0.05, 0) is 38.4 Å². The van der Waals surface area contributed by atoms with Crippen LogP contribution in [-0.4, -0.2) is 87.0 Å². The predicted molar refractivity (Wildman–Crippen MR) is 115 cm³/mol. The Morgan fingerprint density at radius 3 is 2.74 bits per heavy atom. The molecule has 0 bridgehead atoms. The molecule has 0 spiro atoms. The zero-order valence-electron chi connectivity index (χ0n) is 17.9. The fourth-order valence-electron chi connectivity index (χ4n) is 3.90. The fourth-order valence-corrected chi connectivity index (χ4v) is 4.05. The van der Waals surface area contributed by atoms with Crippen molar-refractivity contribution in [1.82, 2.24) is 20.5 Å². The molecule has 3 heterocycles. The second-order valence-corrected chi connectivity index (χ2v) is 8.14. The number of halogens is 1. The van der Waals surface area contributed by atoms with Crippen LogP contribution >= 0.6 is 11.6 Å². The molecular weight excluding hydrogens is 426 g/mol. The molecule has 0 aliphatic carbocycles. The normalized spacial score (nSPS) is 22.7. The first kappa shape index (κ1) is 23.5. The SMILES string of the molecule is COc1nc(N)c(Cl)cc1C(=O)N[C@@H]1CCN(CC(=O)OC2CCNCC2)C[C@@H]1OC. The van der Waals surface area contributed by atoms with Crippen molar-refractivity contribution in [3.05, 3.63) is 16.7 Å². The summed E-state index contributed by atoms with van der Waals surface area (Å²) in [6.07, 6.45) is 2.00. The molecule has 0 saturated carbocycles. The summed E-state index contributed by atoms with van der Waals surface area (Å²) in [5.41, 5.74) is 5.88. The van der Waals surface area contributed by atoms with Crippen molar-refractivity contribution in [2.75, 3.05) is 52.7 Å². The predicted octanol–water partition coefficient (Wildman–Crippen LogP) is 0.440. The molecule has 4 N–H and O–H groups in total. The number of hydrogen-bond donors (Lipinski definition) is 3. The van der Waals surface area contributed by atoms with Crippen LogP contribution in [0, 0.1) is 0 Å². The molecule has 2 atom stereocenters. The Kier molecular flexibility index (Phi) is 8.30. The lowest BCUT2D eigenvalue weighted by Crippen LogP contribution is -2.55. The number of ether oxygens (including phenoxy) is 3. The molecule has 0 unspecified atom stereocenters. The summed E-state index contributed by atoms with van der Waals surface area (Å²) >= 11 is 6.02. The van der Waals surface area contributed by atoms with Gasteiger partial charge >= 0.3 is 5.97 Å². The molecule has 3 rings (SSSR count). The highest BCUT2D eigenvalue weighted by Crippen LogP contribution is 2.25. The van der Waals surface area contributed by atoms with Gasteiger partial charge in [0.15, 0.2) is 0 Å². The summed E-state index contributed by atoms with van der Waals surface area (Å²) in [5, 5.41) is 6.39. The van der Waals surface area contributed by atoms with Gasteiger partial charge in [-0.15, -0.1) is 0 Å². The van der Waals surface area contributed by atoms with Crippen LogP contribution in [0.2, 0.25) is 5.02 Å². The number of aromatic nitrogens is 1. The highest BCUT2D eigenvalue weighted by Gasteiger charge is 2.33. The van der Waals surface area contributed by atoms with Crippen LogP contribution in [0.15, 0.2) is 6.07 Å². The van der Waals surface area contributed by atoms with Crippen LogP contribution in [0.25, 0.3) is 0 Å². The molecule has 172 valence electrons. The second-order valence-electron chi connectivity index (χ2n) is 7.73. The number of methoxy groups -OCH3 is 2. The standard InChI is InChI=1S/C20H30ClN5O5/c1-29-16-10-26(11-17(27)31-12-3-6-23-7-4-12)8-5-15(16)24-19(28)13-9-14(21)18(22)25-20(13)30-2/h9,12,15-16,23H,3-8,10-11H2,1-2H3,(H2,22,25)(H,24,28)/t15-,16+/m1/s1. The quantitative estimate of drug-likeness (QED) is 0.501. The van der Waals surface area contributed by atoms with Gasteiger partial charge in [-0.3, -0.25) is 14.5 Å². The summed E-state index contributed by atoms with van der Waals surface area (Å²) in [6.45, 7) is 3.07. The van der Waals surface area contributed by atoms with Crippen molar-refractivity contribution in [1.29, 1.82) is 0 Å². The molecule has 2 aliphatic rings. The number of anilines is 1. The molecule has 1 amide bonds. The first-order valence-corrected chi connectivity index (χ1v) is 10.7. The average molecular weight is 456 g/mol. The maximum absolute atomic E-state index is 12.8. The number of hydrogen-bond acceptors (Lipinski definition) is 9. The number of nitrogens with zero attached hydrogens (tertiary/aromatic N) is 2. The molecule has 2 aliphatic heterocycles.